The number of esters is 3. The van der Waals surface area contributed by atoms with Gasteiger partial charge in [0.2, 0.25) is 0 Å². The van der Waals surface area contributed by atoms with E-state index in [4.69, 9.17) is 14.2 Å². The first kappa shape index (κ1) is 79.8. The Morgan fingerprint density at radius 3 is 0.711 bits per heavy atom. The van der Waals surface area contributed by atoms with Crippen LogP contribution in [0.2, 0.25) is 0 Å². The van der Waals surface area contributed by atoms with E-state index in [1.807, 2.05) is 0 Å². The van der Waals surface area contributed by atoms with Crippen LogP contribution in [0.3, 0.4) is 0 Å². The van der Waals surface area contributed by atoms with Gasteiger partial charge < -0.3 is 14.2 Å². The Morgan fingerprint density at radius 1 is 0.241 bits per heavy atom. The molecule has 0 aliphatic rings. The van der Waals surface area contributed by atoms with Crippen LogP contribution in [0.4, 0.5) is 0 Å². The number of hydrogen-bond acceptors (Lipinski definition) is 6. The van der Waals surface area contributed by atoms with Crippen LogP contribution in [0.15, 0.2) is 72.9 Å². The molecule has 0 heterocycles. The number of rotatable bonds is 67. The number of unbranched alkanes of at least 4 members (excludes halogenated alkanes) is 44. The van der Waals surface area contributed by atoms with Crippen molar-refractivity contribution in [2.24, 2.45) is 0 Å². The molecular formula is C77H138O6. The molecule has 0 aliphatic heterocycles. The van der Waals surface area contributed by atoms with Crippen molar-refractivity contribution in [2.45, 2.75) is 386 Å². The standard InChI is InChI=1S/C77H138O6/c1-4-7-10-13-16-19-22-25-27-29-31-33-35-37-38-40-41-43-45-47-49-52-55-58-61-64-67-70-76(79)82-73-74(72-81-75(78)69-66-63-60-57-54-51-24-21-18-15-12-9-6-3)83-77(80)71-68-65-62-59-56-53-50-48-46-44-42-39-36-34-32-30-28-26-23-20-17-14-11-8-5-2/h12,15,21-26,29-32,74H,4-11,13-14,16-20,27-28,33-73H2,1-3H3/b15-12-,24-21-,25-22-,26-23-,31-29-,32-30-. The van der Waals surface area contributed by atoms with Crippen LogP contribution in [0, 0.1) is 0 Å². The minimum Gasteiger partial charge on any atom is -0.462 e. The lowest BCUT2D eigenvalue weighted by Crippen LogP contribution is -2.30. The van der Waals surface area contributed by atoms with Gasteiger partial charge in [0, 0.05) is 19.3 Å². The lowest BCUT2D eigenvalue weighted by Gasteiger charge is -2.18. The summed E-state index contributed by atoms with van der Waals surface area (Å²) in [5.41, 5.74) is 0. The molecule has 6 heteroatoms. The zero-order valence-corrected chi connectivity index (χ0v) is 55.5. The monoisotopic (exact) mass is 1160 g/mol. The van der Waals surface area contributed by atoms with E-state index in [0.717, 1.165) is 96.3 Å². The lowest BCUT2D eigenvalue weighted by atomic mass is 10.0. The minimum atomic E-state index is -0.783. The molecule has 0 bridgehead atoms. The fourth-order valence-corrected chi connectivity index (χ4v) is 10.7. The zero-order chi connectivity index (χ0) is 59.9. The molecule has 0 amide bonds. The average Bonchev–Trinajstić information content (AvgIpc) is 3.49. The lowest BCUT2D eigenvalue weighted by molar-refractivity contribution is -0.167. The summed E-state index contributed by atoms with van der Waals surface area (Å²) in [5.74, 6) is -0.872. The molecular weight excluding hydrogens is 1020 g/mol. The number of hydrogen-bond donors (Lipinski definition) is 0. The van der Waals surface area contributed by atoms with Gasteiger partial charge in [-0.05, 0) is 109 Å². The van der Waals surface area contributed by atoms with Gasteiger partial charge in [-0.25, -0.2) is 0 Å². The van der Waals surface area contributed by atoms with Crippen molar-refractivity contribution in [2.75, 3.05) is 13.2 Å². The van der Waals surface area contributed by atoms with Gasteiger partial charge >= 0.3 is 17.9 Å². The van der Waals surface area contributed by atoms with Crippen molar-refractivity contribution in [1.29, 1.82) is 0 Å². The SMILES string of the molecule is CCC/C=C\C/C=C\CCCCCCCC(=O)OCC(COC(=O)CCCCCCCCCCCCCCCCC/C=C\C/C=C\CCCCCCC)OC(=O)CCCCCCCCCCCCCCC/C=C\C/C=C\CCCCCCC. The third-order valence-corrected chi connectivity index (χ3v) is 16.1. The number of ether oxygens (including phenoxy) is 3. The van der Waals surface area contributed by atoms with E-state index in [2.05, 4.69) is 93.7 Å². The van der Waals surface area contributed by atoms with Gasteiger partial charge in [0.05, 0.1) is 0 Å². The smallest absolute Gasteiger partial charge is 0.306 e. The molecule has 0 aromatic rings. The molecule has 83 heavy (non-hydrogen) atoms. The molecule has 6 nitrogen and oxygen atoms in total. The average molecular weight is 1160 g/mol. The van der Waals surface area contributed by atoms with Crippen molar-refractivity contribution in [3.8, 4) is 0 Å². The van der Waals surface area contributed by atoms with Gasteiger partial charge in [-0.3, -0.25) is 14.4 Å². The van der Waals surface area contributed by atoms with Gasteiger partial charge in [-0.1, -0.05) is 325 Å². The first-order valence-corrected chi connectivity index (χ1v) is 36.4. The predicted molar refractivity (Wildman–Crippen MR) is 362 cm³/mol. The summed E-state index contributed by atoms with van der Waals surface area (Å²) >= 11 is 0. The van der Waals surface area contributed by atoms with E-state index in [-0.39, 0.29) is 31.1 Å². The maximum absolute atomic E-state index is 13.0. The Bertz CT molecular complexity index is 1520. The molecule has 0 spiro atoms. The fraction of sp³-hybridized carbons (Fsp3) is 0.805. The predicted octanol–water partition coefficient (Wildman–Crippen LogP) is 25.2. The largest absolute Gasteiger partial charge is 0.462 e. The van der Waals surface area contributed by atoms with Crippen LogP contribution in [0.5, 0.6) is 0 Å². The van der Waals surface area contributed by atoms with Crippen LogP contribution >= 0.6 is 0 Å². The molecule has 0 aromatic heterocycles. The Kier molecular flexibility index (Phi) is 68.6. The van der Waals surface area contributed by atoms with Crippen molar-refractivity contribution < 1.29 is 28.6 Å². The van der Waals surface area contributed by atoms with Gasteiger partial charge in [0.15, 0.2) is 6.10 Å². The molecule has 0 fully saturated rings. The summed E-state index contributed by atoms with van der Waals surface area (Å²) in [5, 5.41) is 0. The van der Waals surface area contributed by atoms with Crippen molar-refractivity contribution in [3.05, 3.63) is 72.9 Å². The molecule has 0 saturated heterocycles. The van der Waals surface area contributed by atoms with Crippen LogP contribution in [0.25, 0.3) is 0 Å². The van der Waals surface area contributed by atoms with E-state index in [1.165, 1.54) is 244 Å². The van der Waals surface area contributed by atoms with E-state index in [9.17, 15) is 14.4 Å². The van der Waals surface area contributed by atoms with Crippen LogP contribution < -0.4 is 0 Å². The second-order valence-corrected chi connectivity index (χ2v) is 24.5. The van der Waals surface area contributed by atoms with Crippen LogP contribution in [-0.4, -0.2) is 37.2 Å². The third-order valence-electron chi connectivity index (χ3n) is 16.1. The number of allylic oxidation sites excluding steroid dienone is 12. The first-order chi connectivity index (χ1) is 41.0. The van der Waals surface area contributed by atoms with E-state index >= 15 is 0 Å². The molecule has 0 aromatic carbocycles. The Balaban J connectivity index is 4.24. The zero-order valence-electron chi connectivity index (χ0n) is 55.5. The second-order valence-electron chi connectivity index (χ2n) is 24.5. The summed E-state index contributed by atoms with van der Waals surface area (Å²) in [7, 11) is 0. The molecule has 0 radical (unpaired) electrons. The topological polar surface area (TPSA) is 78.9 Å². The third kappa shape index (κ3) is 69.5. The molecule has 0 saturated carbocycles. The van der Waals surface area contributed by atoms with Gasteiger partial charge in [0.25, 0.3) is 0 Å². The van der Waals surface area contributed by atoms with E-state index in [1.54, 1.807) is 0 Å². The van der Waals surface area contributed by atoms with Crippen molar-refractivity contribution >= 4 is 17.9 Å². The highest BCUT2D eigenvalue weighted by atomic mass is 16.6. The highest BCUT2D eigenvalue weighted by Gasteiger charge is 2.19. The molecule has 1 unspecified atom stereocenters. The molecule has 1 atom stereocenters. The summed E-state index contributed by atoms with van der Waals surface area (Å²) in [4.78, 5) is 38.5. The molecule has 0 rings (SSSR count). The quantitative estimate of drug-likeness (QED) is 0.0261. The Morgan fingerprint density at radius 2 is 0.458 bits per heavy atom. The van der Waals surface area contributed by atoms with Crippen molar-refractivity contribution in [3.63, 3.8) is 0 Å². The minimum absolute atomic E-state index is 0.0772. The Hall–Kier alpha value is -3.15. The summed E-state index contributed by atoms with van der Waals surface area (Å²) in [6.45, 7) is 6.60. The summed E-state index contributed by atoms with van der Waals surface area (Å²) < 4.78 is 17.0. The summed E-state index contributed by atoms with van der Waals surface area (Å²) in [6.07, 6.45) is 93.7. The Labute approximate surface area is 516 Å². The maximum atomic E-state index is 13.0. The fourth-order valence-electron chi connectivity index (χ4n) is 10.7. The van der Waals surface area contributed by atoms with Crippen molar-refractivity contribution in [1.82, 2.24) is 0 Å². The number of carbonyl (C=O) groups excluding carboxylic acids is 3. The first-order valence-electron chi connectivity index (χ1n) is 36.4. The van der Waals surface area contributed by atoms with Gasteiger partial charge in [-0.15, -0.1) is 0 Å². The molecule has 0 N–H and O–H groups in total. The second kappa shape index (κ2) is 71.3. The van der Waals surface area contributed by atoms with E-state index < -0.39 is 6.10 Å². The van der Waals surface area contributed by atoms with Gasteiger partial charge in [-0.2, -0.15) is 0 Å². The maximum Gasteiger partial charge on any atom is 0.306 e. The normalized spacial score (nSPS) is 12.5. The van der Waals surface area contributed by atoms with E-state index in [0.29, 0.717) is 19.3 Å². The highest BCUT2D eigenvalue weighted by molar-refractivity contribution is 5.71. The van der Waals surface area contributed by atoms with Crippen LogP contribution in [0.1, 0.15) is 380 Å². The number of carbonyl (C=O) groups is 3. The summed E-state index contributed by atoms with van der Waals surface area (Å²) in [6, 6.07) is 0. The van der Waals surface area contributed by atoms with Crippen LogP contribution in [-0.2, 0) is 28.6 Å². The van der Waals surface area contributed by atoms with Gasteiger partial charge in [0.1, 0.15) is 13.2 Å². The highest BCUT2D eigenvalue weighted by Crippen LogP contribution is 2.18. The molecule has 0 aliphatic carbocycles. The molecule has 482 valence electrons.